The fourth-order valence-electron chi connectivity index (χ4n) is 2.29. The summed E-state index contributed by atoms with van der Waals surface area (Å²) in [6, 6.07) is 3.37. The first kappa shape index (κ1) is 13.5. The zero-order valence-electron chi connectivity index (χ0n) is 10.0. The molecule has 0 spiro atoms. The molecule has 1 saturated heterocycles. The number of benzene rings is 1. The second kappa shape index (κ2) is 5.36. The highest BCUT2D eigenvalue weighted by atomic mass is 79.9. The summed E-state index contributed by atoms with van der Waals surface area (Å²) < 4.78 is 14.5. The molecular weight excluding hydrogens is 301 g/mol. The Morgan fingerprint density at radius 1 is 1.61 bits per heavy atom. The molecule has 0 radical (unpaired) electrons. The average molecular weight is 316 g/mol. The largest absolute Gasteiger partial charge is 0.481 e. The van der Waals surface area contributed by atoms with E-state index in [9.17, 15) is 9.18 Å². The summed E-state index contributed by atoms with van der Waals surface area (Å²) in [6.07, 6.45) is 1.26. The van der Waals surface area contributed by atoms with E-state index >= 15 is 0 Å². The fraction of sp³-hybridized carbons (Fsp3) is 0.462. The molecule has 98 valence electrons. The maximum absolute atomic E-state index is 14.1. The van der Waals surface area contributed by atoms with E-state index in [4.69, 9.17) is 5.11 Å². The van der Waals surface area contributed by atoms with Gasteiger partial charge in [-0.2, -0.15) is 0 Å². The predicted molar refractivity (Wildman–Crippen MR) is 70.0 cm³/mol. The molecule has 0 amide bonds. The van der Waals surface area contributed by atoms with Gasteiger partial charge in [0.25, 0.3) is 0 Å². The van der Waals surface area contributed by atoms with Gasteiger partial charge in [0, 0.05) is 18.2 Å². The van der Waals surface area contributed by atoms with Crippen molar-refractivity contribution in [3.63, 3.8) is 0 Å². The molecule has 1 aromatic carbocycles. The van der Waals surface area contributed by atoms with Gasteiger partial charge in [-0.05, 0) is 40.4 Å². The van der Waals surface area contributed by atoms with E-state index in [2.05, 4.69) is 21.2 Å². The molecule has 2 rings (SSSR count). The number of carboxylic acid groups (broad SMARTS) is 1. The fourth-order valence-corrected chi connectivity index (χ4v) is 2.81. The van der Waals surface area contributed by atoms with Gasteiger partial charge in [0.05, 0.1) is 10.4 Å². The lowest BCUT2D eigenvalue weighted by atomic mass is 9.97. The van der Waals surface area contributed by atoms with Crippen molar-refractivity contribution < 1.29 is 14.3 Å². The third-order valence-electron chi connectivity index (χ3n) is 3.38. The lowest BCUT2D eigenvalue weighted by molar-refractivity contribution is -0.141. The van der Waals surface area contributed by atoms with Gasteiger partial charge in [-0.3, -0.25) is 4.79 Å². The summed E-state index contributed by atoms with van der Waals surface area (Å²) in [6.45, 7) is 2.40. The van der Waals surface area contributed by atoms with Crippen LogP contribution in [0.1, 0.15) is 30.5 Å². The van der Waals surface area contributed by atoms with Crippen LogP contribution in [0.4, 0.5) is 4.39 Å². The molecule has 1 heterocycles. The number of hydrogen-bond acceptors (Lipinski definition) is 2. The molecule has 1 aromatic rings. The lowest BCUT2D eigenvalue weighted by Gasteiger charge is -2.14. The number of carboxylic acids is 1. The van der Waals surface area contributed by atoms with Crippen molar-refractivity contribution in [1.82, 2.24) is 5.32 Å². The van der Waals surface area contributed by atoms with Crippen LogP contribution in [0.25, 0.3) is 0 Å². The Hall–Kier alpha value is -0.940. The third-order valence-corrected chi connectivity index (χ3v) is 3.96. The Morgan fingerprint density at radius 3 is 2.89 bits per heavy atom. The maximum Gasteiger partial charge on any atom is 0.307 e. The second-order valence-electron chi connectivity index (χ2n) is 4.57. The smallest absolute Gasteiger partial charge is 0.307 e. The molecule has 1 fully saturated rings. The highest BCUT2D eigenvalue weighted by molar-refractivity contribution is 9.10. The van der Waals surface area contributed by atoms with Crippen LogP contribution in [-0.4, -0.2) is 17.6 Å². The molecule has 18 heavy (non-hydrogen) atoms. The quantitative estimate of drug-likeness (QED) is 0.901. The van der Waals surface area contributed by atoms with Gasteiger partial charge in [0.1, 0.15) is 5.82 Å². The monoisotopic (exact) mass is 315 g/mol. The molecule has 5 heteroatoms. The molecule has 2 N–H and O–H groups in total. The Morgan fingerprint density at radius 2 is 2.33 bits per heavy atom. The van der Waals surface area contributed by atoms with Crippen LogP contribution in [0, 0.1) is 11.7 Å². The second-order valence-corrected chi connectivity index (χ2v) is 5.42. The van der Waals surface area contributed by atoms with Crippen LogP contribution in [0.2, 0.25) is 0 Å². The molecule has 2 unspecified atom stereocenters. The average Bonchev–Trinajstić information content (AvgIpc) is 2.82. The summed E-state index contributed by atoms with van der Waals surface area (Å²) in [5.41, 5.74) is 1.60. The summed E-state index contributed by atoms with van der Waals surface area (Å²) >= 11 is 3.21. The van der Waals surface area contributed by atoms with Gasteiger partial charge < -0.3 is 10.4 Å². The number of rotatable bonds is 3. The zero-order valence-corrected chi connectivity index (χ0v) is 11.6. The van der Waals surface area contributed by atoms with E-state index in [0.717, 1.165) is 12.0 Å². The minimum absolute atomic E-state index is 0.214. The number of hydrogen-bond donors (Lipinski definition) is 2. The van der Waals surface area contributed by atoms with E-state index in [0.29, 0.717) is 23.0 Å². The van der Waals surface area contributed by atoms with Gasteiger partial charge in [0.15, 0.2) is 0 Å². The van der Waals surface area contributed by atoms with Gasteiger partial charge in [0.2, 0.25) is 0 Å². The van der Waals surface area contributed by atoms with Crippen molar-refractivity contribution in [2.75, 3.05) is 6.54 Å². The molecule has 3 nitrogen and oxygen atoms in total. The van der Waals surface area contributed by atoms with Crippen molar-refractivity contribution in [2.45, 2.75) is 25.8 Å². The first-order chi connectivity index (χ1) is 8.52. The van der Waals surface area contributed by atoms with Crippen LogP contribution >= 0.6 is 15.9 Å². The van der Waals surface area contributed by atoms with E-state index < -0.39 is 11.9 Å². The minimum atomic E-state index is -0.823. The van der Waals surface area contributed by atoms with E-state index in [1.54, 1.807) is 6.07 Å². The maximum atomic E-state index is 14.1. The Kier molecular flexibility index (Phi) is 4.02. The molecule has 1 aliphatic heterocycles. The molecule has 0 aromatic heterocycles. The number of halogens is 2. The Balaban J connectivity index is 2.29. The van der Waals surface area contributed by atoms with Crippen LogP contribution in [0.5, 0.6) is 0 Å². The van der Waals surface area contributed by atoms with Crippen molar-refractivity contribution in [3.05, 3.63) is 33.5 Å². The van der Waals surface area contributed by atoms with Crippen molar-refractivity contribution in [2.24, 2.45) is 5.92 Å². The van der Waals surface area contributed by atoms with Crippen LogP contribution in [0.3, 0.4) is 0 Å². The third kappa shape index (κ3) is 2.57. The number of aryl methyl sites for hydroxylation is 1. The van der Waals surface area contributed by atoms with Crippen molar-refractivity contribution >= 4 is 21.9 Å². The number of aliphatic carboxylic acids is 1. The molecule has 0 saturated carbocycles. The topological polar surface area (TPSA) is 49.3 Å². The van der Waals surface area contributed by atoms with Gasteiger partial charge in [-0.25, -0.2) is 4.39 Å². The van der Waals surface area contributed by atoms with Gasteiger partial charge >= 0.3 is 5.97 Å². The van der Waals surface area contributed by atoms with E-state index in [1.165, 1.54) is 0 Å². The summed E-state index contributed by atoms with van der Waals surface area (Å²) in [4.78, 5) is 10.9. The van der Waals surface area contributed by atoms with Crippen molar-refractivity contribution in [3.8, 4) is 0 Å². The first-order valence-electron chi connectivity index (χ1n) is 5.97. The first-order valence-corrected chi connectivity index (χ1v) is 6.76. The standard InChI is InChI=1S/C13H15BrFNO2/c1-2-7-3-9(12(15)10(14)4-7)11-5-8(6-16-11)13(17)18/h3-4,8,11,16H,2,5-6H2,1H3,(H,17,18). The summed E-state index contributed by atoms with van der Waals surface area (Å²) in [5.74, 6) is -1.55. The Bertz CT molecular complexity index is 478. The minimum Gasteiger partial charge on any atom is -0.481 e. The van der Waals surface area contributed by atoms with Crippen LogP contribution in [0.15, 0.2) is 16.6 Å². The van der Waals surface area contributed by atoms with E-state index in [-0.39, 0.29) is 11.9 Å². The zero-order chi connectivity index (χ0) is 13.3. The molecule has 0 bridgehead atoms. The molecular formula is C13H15BrFNO2. The highest BCUT2D eigenvalue weighted by Crippen LogP contribution is 2.32. The number of carbonyl (C=O) groups is 1. The normalized spacial score (nSPS) is 23.3. The van der Waals surface area contributed by atoms with Crippen LogP contribution in [-0.2, 0) is 11.2 Å². The molecule has 2 atom stereocenters. The number of nitrogens with one attached hydrogen (secondary N) is 1. The molecule has 1 aliphatic rings. The molecule has 0 aliphatic carbocycles. The van der Waals surface area contributed by atoms with Crippen molar-refractivity contribution in [1.29, 1.82) is 0 Å². The summed E-state index contributed by atoms with van der Waals surface area (Å²) in [7, 11) is 0. The SMILES string of the molecule is CCc1cc(Br)c(F)c(C2CC(C(=O)O)CN2)c1. The van der Waals surface area contributed by atoms with Gasteiger partial charge in [-0.15, -0.1) is 0 Å². The Labute approximate surface area is 114 Å². The summed E-state index contributed by atoms with van der Waals surface area (Å²) in [5, 5.41) is 12.0. The van der Waals surface area contributed by atoms with E-state index in [1.807, 2.05) is 13.0 Å². The lowest BCUT2D eigenvalue weighted by Crippen LogP contribution is -2.17. The van der Waals surface area contributed by atoms with Gasteiger partial charge in [-0.1, -0.05) is 13.0 Å². The highest BCUT2D eigenvalue weighted by Gasteiger charge is 2.32. The predicted octanol–water partition coefficient (Wildman–Crippen LogP) is 2.89. The van der Waals surface area contributed by atoms with Crippen LogP contribution < -0.4 is 5.32 Å².